The molecule has 1 rings (SSSR count). The van der Waals surface area contributed by atoms with Crippen molar-refractivity contribution in [1.82, 2.24) is 0 Å². The van der Waals surface area contributed by atoms with E-state index in [9.17, 15) is 0 Å². The first-order chi connectivity index (χ1) is 4.46. The molecule has 0 spiro atoms. The summed E-state index contributed by atoms with van der Waals surface area (Å²) in [6, 6.07) is 0. The molecule has 0 aromatic carbocycles. The van der Waals surface area contributed by atoms with Crippen LogP contribution in [0.3, 0.4) is 0 Å². The number of hydrogen-bond donors (Lipinski definition) is 1. The second kappa shape index (κ2) is 3.44. The predicted molar refractivity (Wildman–Crippen MR) is 55.2 cm³/mol. The van der Waals surface area contributed by atoms with E-state index < -0.39 is 0 Å². The summed E-state index contributed by atoms with van der Waals surface area (Å²) in [6.45, 7) is 6.75. The van der Waals surface area contributed by atoms with Crippen molar-refractivity contribution in [1.29, 1.82) is 0 Å². The summed E-state index contributed by atoms with van der Waals surface area (Å²) < 4.78 is 0. The Balaban J connectivity index is 0.000001000. The fraction of sp³-hybridized carbons (Fsp3) is 1.00. The van der Waals surface area contributed by atoms with Crippen LogP contribution >= 0.6 is 17.0 Å². The van der Waals surface area contributed by atoms with E-state index in [1.165, 1.54) is 25.7 Å². The van der Waals surface area contributed by atoms with E-state index in [4.69, 9.17) is 5.73 Å². The third-order valence-electron chi connectivity index (χ3n) is 3.29. The van der Waals surface area contributed by atoms with Gasteiger partial charge in [-0.15, -0.1) is 17.0 Å². The number of rotatable bonds is 0. The molecular weight excluding hydrogens is 202 g/mol. The van der Waals surface area contributed by atoms with Gasteiger partial charge in [-0.2, -0.15) is 0 Å². The molecule has 2 N–H and O–H groups in total. The molecular formula is C9H20BrN. The highest BCUT2D eigenvalue weighted by molar-refractivity contribution is 8.93. The lowest BCUT2D eigenvalue weighted by molar-refractivity contribution is 0.116. The molecule has 0 amide bonds. The molecule has 0 heterocycles. The molecule has 11 heavy (non-hydrogen) atoms. The highest BCUT2D eigenvalue weighted by Gasteiger charge is 2.39. The lowest BCUT2D eigenvalue weighted by Gasteiger charge is -2.45. The molecule has 2 heteroatoms. The van der Waals surface area contributed by atoms with Gasteiger partial charge in [0.1, 0.15) is 0 Å². The lowest BCUT2D eigenvalue weighted by atomic mass is 9.65. The van der Waals surface area contributed by atoms with Gasteiger partial charge in [-0.05, 0) is 25.2 Å². The first-order valence-electron chi connectivity index (χ1n) is 4.25. The Morgan fingerprint density at radius 2 is 1.45 bits per heavy atom. The largest absolute Gasteiger partial charge is 0.325 e. The molecule has 1 nitrogen and oxygen atoms in total. The number of nitrogens with two attached hydrogens (primary N) is 1. The highest BCUT2D eigenvalue weighted by Crippen LogP contribution is 2.41. The Labute approximate surface area is 80.5 Å². The summed E-state index contributed by atoms with van der Waals surface area (Å²) in [5.41, 5.74) is 6.58. The molecule has 68 valence electrons. The maximum absolute atomic E-state index is 6.16. The van der Waals surface area contributed by atoms with E-state index in [-0.39, 0.29) is 22.5 Å². The van der Waals surface area contributed by atoms with Gasteiger partial charge in [0, 0.05) is 5.54 Å². The van der Waals surface area contributed by atoms with Gasteiger partial charge >= 0.3 is 0 Å². The molecule has 0 aliphatic heterocycles. The van der Waals surface area contributed by atoms with E-state index >= 15 is 0 Å². The zero-order chi connectivity index (χ0) is 7.83. The second-order valence-electron chi connectivity index (χ2n) is 4.51. The number of halogens is 1. The van der Waals surface area contributed by atoms with Crippen LogP contribution in [0.1, 0.15) is 46.5 Å². The fourth-order valence-corrected chi connectivity index (χ4v) is 1.68. The molecule has 0 saturated heterocycles. The van der Waals surface area contributed by atoms with Gasteiger partial charge in [-0.1, -0.05) is 26.7 Å². The summed E-state index contributed by atoms with van der Waals surface area (Å²) in [6.07, 6.45) is 5.16. The Kier molecular flexibility index (Phi) is 3.58. The van der Waals surface area contributed by atoms with Crippen molar-refractivity contribution in [3.05, 3.63) is 0 Å². The van der Waals surface area contributed by atoms with Crippen molar-refractivity contribution < 1.29 is 0 Å². The fourth-order valence-electron chi connectivity index (χ4n) is 1.68. The van der Waals surface area contributed by atoms with Gasteiger partial charge in [0.2, 0.25) is 0 Å². The number of hydrogen-bond acceptors (Lipinski definition) is 1. The zero-order valence-electron chi connectivity index (χ0n) is 7.81. The van der Waals surface area contributed by atoms with Crippen molar-refractivity contribution in [3.63, 3.8) is 0 Å². The Morgan fingerprint density at radius 3 is 1.73 bits per heavy atom. The SMILES string of the molecule is Br.CC1(C)CCCCC1(C)N. The van der Waals surface area contributed by atoms with Crippen LogP contribution < -0.4 is 5.73 Å². The third-order valence-corrected chi connectivity index (χ3v) is 3.29. The van der Waals surface area contributed by atoms with E-state index in [1.54, 1.807) is 0 Å². The van der Waals surface area contributed by atoms with Crippen molar-refractivity contribution in [2.24, 2.45) is 11.1 Å². The smallest absolute Gasteiger partial charge is 0.0177 e. The highest BCUT2D eigenvalue weighted by atomic mass is 79.9. The van der Waals surface area contributed by atoms with Crippen LogP contribution in [0.5, 0.6) is 0 Å². The molecule has 1 aliphatic rings. The molecule has 1 unspecified atom stereocenters. The van der Waals surface area contributed by atoms with Crippen LogP contribution in [-0.4, -0.2) is 5.54 Å². The van der Waals surface area contributed by atoms with Gasteiger partial charge in [0.25, 0.3) is 0 Å². The molecule has 1 saturated carbocycles. The maximum atomic E-state index is 6.16. The molecule has 0 bridgehead atoms. The minimum absolute atomic E-state index is 0. The summed E-state index contributed by atoms with van der Waals surface area (Å²) in [7, 11) is 0. The van der Waals surface area contributed by atoms with Gasteiger partial charge < -0.3 is 5.73 Å². The van der Waals surface area contributed by atoms with Crippen LogP contribution in [0, 0.1) is 5.41 Å². The minimum Gasteiger partial charge on any atom is -0.325 e. The van der Waals surface area contributed by atoms with Gasteiger partial charge in [0.15, 0.2) is 0 Å². The van der Waals surface area contributed by atoms with Gasteiger partial charge in [0.05, 0.1) is 0 Å². The Bertz CT molecular complexity index is 114. The summed E-state index contributed by atoms with van der Waals surface area (Å²) >= 11 is 0. The average Bonchev–Trinajstić information content (AvgIpc) is 1.77. The summed E-state index contributed by atoms with van der Waals surface area (Å²) in [5, 5.41) is 0. The van der Waals surface area contributed by atoms with Crippen LogP contribution in [0.25, 0.3) is 0 Å². The third kappa shape index (κ3) is 2.19. The molecule has 1 aliphatic carbocycles. The van der Waals surface area contributed by atoms with Crippen LogP contribution in [-0.2, 0) is 0 Å². The monoisotopic (exact) mass is 221 g/mol. The van der Waals surface area contributed by atoms with Crippen molar-refractivity contribution in [2.45, 2.75) is 52.0 Å². The standard InChI is InChI=1S/C9H19N.BrH/c1-8(2)6-4-5-7-9(8,3)10;/h4-7,10H2,1-3H3;1H. The minimum atomic E-state index is 0. The Morgan fingerprint density at radius 1 is 1.00 bits per heavy atom. The summed E-state index contributed by atoms with van der Waals surface area (Å²) in [4.78, 5) is 0. The van der Waals surface area contributed by atoms with Gasteiger partial charge in [-0.25, -0.2) is 0 Å². The zero-order valence-corrected chi connectivity index (χ0v) is 9.53. The molecule has 1 fully saturated rings. The van der Waals surface area contributed by atoms with E-state index in [1.807, 2.05) is 0 Å². The molecule has 0 aromatic heterocycles. The molecule has 1 atom stereocenters. The first kappa shape index (κ1) is 11.4. The summed E-state index contributed by atoms with van der Waals surface area (Å²) in [5.74, 6) is 0. The van der Waals surface area contributed by atoms with Crippen LogP contribution in [0.2, 0.25) is 0 Å². The van der Waals surface area contributed by atoms with Crippen LogP contribution in [0.15, 0.2) is 0 Å². The molecule has 0 radical (unpaired) electrons. The van der Waals surface area contributed by atoms with E-state index in [0.717, 1.165) is 0 Å². The quantitative estimate of drug-likeness (QED) is 0.670. The van der Waals surface area contributed by atoms with Crippen molar-refractivity contribution in [2.75, 3.05) is 0 Å². The Hall–Kier alpha value is 0.440. The second-order valence-corrected chi connectivity index (χ2v) is 4.51. The predicted octanol–water partition coefficient (Wildman–Crippen LogP) is 2.88. The lowest BCUT2D eigenvalue weighted by Crippen LogP contribution is -2.51. The first-order valence-corrected chi connectivity index (χ1v) is 4.25. The average molecular weight is 222 g/mol. The van der Waals surface area contributed by atoms with E-state index in [2.05, 4.69) is 20.8 Å². The van der Waals surface area contributed by atoms with Crippen molar-refractivity contribution in [3.8, 4) is 0 Å². The van der Waals surface area contributed by atoms with Crippen molar-refractivity contribution >= 4 is 17.0 Å². The molecule has 0 aromatic rings. The normalized spacial score (nSPS) is 36.0. The van der Waals surface area contributed by atoms with Crippen LogP contribution in [0.4, 0.5) is 0 Å². The maximum Gasteiger partial charge on any atom is 0.0177 e. The topological polar surface area (TPSA) is 26.0 Å². The van der Waals surface area contributed by atoms with E-state index in [0.29, 0.717) is 5.41 Å². The van der Waals surface area contributed by atoms with Gasteiger partial charge in [-0.3, -0.25) is 0 Å².